The van der Waals surface area contributed by atoms with Crippen LogP contribution in [-0.2, 0) is 9.47 Å². The predicted octanol–water partition coefficient (Wildman–Crippen LogP) is 5.26. The van der Waals surface area contributed by atoms with Crippen molar-refractivity contribution in [3.05, 3.63) is 34.6 Å². The summed E-state index contributed by atoms with van der Waals surface area (Å²) in [5, 5.41) is 9.12. The number of amides is 3. The molecule has 1 aliphatic heterocycles. The van der Waals surface area contributed by atoms with Gasteiger partial charge in [0.15, 0.2) is 0 Å². The topological polar surface area (TPSA) is 91.9 Å². The lowest BCUT2D eigenvalue weighted by molar-refractivity contribution is -0.0106. The molecule has 38 heavy (non-hydrogen) atoms. The summed E-state index contributed by atoms with van der Waals surface area (Å²) in [6.07, 6.45) is 9.03. The zero-order valence-corrected chi connectivity index (χ0v) is 23.5. The average molecular weight is 555 g/mol. The van der Waals surface area contributed by atoms with E-state index >= 15 is 4.39 Å². The number of benzene rings is 1. The Labute approximate surface area is 231 Å². The van der Waals surface area contributed by atoms with Gasteiger partial charge in [0.1, 0.15) is 5.82 Å². The quantitative estimate of drug-likeness (QED) is 0.256. The number of methoxy groups -OCH3 is 1. The Hall–Kier alpha value is -2.10. The molecule has 0 bridgehead atoms. The van der Waals surface area contributed by atoms with E-state index in [1.807, 2.05) is 11.9 Å². The van der Waals surface area contributed by atoms with Crippen LogP contribution in [0, 0.1) is 17.7 Å². The monoisotopic (exact) mass is 554 g/mol. The lowest BCUT2D eigenvalue weighted by Gasteiger charge is -2.38. The lowest BCUT2D eigenvalue weighted by atomic mass is 9.88. The number of ether oxygens (including phenoxy) is 2. The molecule has 1 aromatic carbocycles. The number of hydrogen-bond donors (Lipinski definition) is 3. The third-order valence-electron chi connectivity index (χ3n) is 7.69. The van der Waals surface area contributed by atoms with Gasteiger partial charge in [0, 0.05) is 43.7 Å². The Morgan fingerprint density at radius 3 is 2.63 bits per heavy atom. The minimum Gasteiger partial charge on any atom is -0.453 e. The number of nitrogens with one attached hydrogen (secondary N) is 3. The van der Waals surface area contributed by atoms with Gasteiger partial charge in [-0.2, -0.15) is 0 Å². The first-order valence-corrected chi connectivity index (χ1v) is 14.4. The zero-order chi connectivity index (χ0) is 27.3. The van der Waals surface area contributed by atoms with Crippen molar-refractivity contribution in [2.24, 2.45) is 11.8 Å². The summed E-state index contributed by atoms with van der Waals surface area (Å²) in [5.74, 6) is 0.0109. The molecule has 214 valence electrons. The van der Waals surface area contributed by atoms with E-state index in [-0.39, 0.29) is 36.2 Å². The van der Waals surface area contributed by atoms with E-state index in [0.717, 1.165) is 25.8 Å². The molecule has 1 saturated heterocycles. The number of alkyl carbamates (subject to hydrolysis) is 1. The minimum absolute atomic E-state index is 0.0302. The van der Waals surface area contributed by atoms with Crippen LogP contribution in [0.1, 0.15) is 69.5 Å². The Balaban J connectivity index is 1.66. The molecule has 1 aliphatic carbocycles. The van der Waals surface area contributed by atoms with Crippen molar-refractivity contribution in [3.63, 3.8) is 0 Å². The van der Waals surface area contributed by atoms with Gasteiger partial charge in [-0.15, -0.1) is 0 Å². The summed E-state index contributed by atoms with van der Waals surface area (Å²) in [5.41, 5.74) is 0.365. The van der Waals surface area contributed by atoms with Gasteiger partial charge in [0.2, 0.25) is 0 Å². The van der Waals surface area contributed by atoms with Gasteiger partial charge in [0.05, 0.1) is 24.8 Å². The van der Waals surface area contributed by atoms with E-state index in [4.69, 9.17) is 16.3 Å². The molecule has 0 aromatic heterocycles. The maximum absolute atomic E-state index is 15.1. The third-order valence-corrected chi connectivity index (χ3v) is 7.98. The molecule has 3 rings (SSSR count). The Kier molecular flexibility index (Phi) is 12.9. The highest BCUT2D eigenvalue weighted by Crippen LogP contribution is 2.36. The van der Waals surface area contributed by atoms with E-state index < -0.39 is 18.0 Å². The first kappa shape index (κ1) is 30.4. The van der Waals surface area contributed by atoms with Gasteiger partial charge < -0.3 is 30.3 Å². The number of urea groups is 1. The summed E-state index contributed by atoms with van der Waals surface area (Å²) < 4.78 is 25.8. The van der Waals surface area contributed by atoms with Crippen LogP contribution in [0.5, 0.6) is 0 Å². The van der Waals surface area contributed by atoms with Crippen LogP contribution >= 0.6 is 11.6 Å². The number of carbonyl (C=O) groups excluding carboxylic acids is 2. The van der Waals surface area contributed by atoms with E-state index in [2.05, 4.69) is 20.7 Å². The number of nitrogens with zero attached hydrogens (tertiary/aromatic N) is 1. The molecular weight excluding hydrogens is 511 g/mol. The van der Waals surface area contributed by atoms with Gasteiger partial charge >= 0.3 is 12.1 Å². The number of piperidine rings is 1. The highest BCUT2D eigenvalue weighted by Gasteiger charge is 2.33. The van der Waals surface area contributed by atoms with Gasteiger partial charge in [-0.1, -0.05) is 62.3 Å². The summed E-state index contributed by atoms with van der Waals surface area (Å²) in [6.45, 7) is 2.20. The Morgan fingerprint density at radius 1 is 1.16 bits per heavy atom. The standard InChI is InChI=1S/C28H44ClFN4O4/c1-31-18-22(17-20-9-5-3-4-6-10-20)33-27(35)34-15-8-11-21(19-34)26(38-16-14-32-28(36)37-2)23-12-7-13-24(29)25(23)30/h7,12-13,20-22,26,31H,3-6,8-11,14-19H2,1-2H3,(H,32,36)(H,33,35). The van der Waals surface area contributed by atoms with Crippen molar-refractivity contribution in [1.82, 2.24) is 20.9 Å². The van der Waals surface area contributed by atoms with Crippen molar-refractivity contribution >= 4 is 23.7 Å². The molecule has 1 saturated carbocycles. The second-order valence-electron chi connectivity index (χ2n) is 10.5. The van der Waals surface area contributed by atoms with Gasteiger partial charge in [-0.05, 0) is 38.3 Å². The number of carbonyl (C=O) groups is 2. The molecule has 2 aliphatic rings. The molecule has 10 heteroatoms. The molecule has 3 N–H and O–H groups in total. The van der Waals surface area contributed by atoms with Crippen LogP contribution in [0.4, 0.5) is 14.0 Å². The highest BCUT2D eigenvalue weighted by molar-refractivity contribution is 6.30. The van der Waals surface area contributed by atoms with Crippen molar-refractivity contribution in [3.8, 4) is 0 Å². The molecule has 1 heterocycles. The average Bonchev–Trinajstić information content (AvgIpc) is 3.19. The van der Waals surface area contributed by atoms with Crippen LogP contribution in [0.3, 0.4) is 0 Å². The van der Waals surface area contributed by atoms with Crippen molar-refractivity contribution < 1.29 is 23.5 Å². The lowest BCUT2D eigenvalue weighted by Crippen LogP contribution is -2.52. The third kappa shape index (κ3) is 9.27. The molecule has 0 spiro atoms. The van der Waals surface area contributed by atoms with E-state index in [0.29, 0.717) is 24.6 Å². The molecule has 8 nitrogen and oxygen atoms in total. The smallest absolute Gasteiger partial charge is 0.406 e. The molecule has 2 fully saturated rings. The van der Waals surface area contributed by atoms with Crippen LogP contribution in [0.25, 0.3) is 0 Å². The highest BCUT2D eigenvalue weighted by atomic mass is 35.5. The number of rotatable bonds is 11. The Morgan fingerprint density at radius 2 is 1.92 bits per heavy atom. The fraction of sp³-hybridized carbons (Fsp3) is 0.714. The summed E-state index contributed by atoms with van der Waals surface area (Å²) >= 11 is 6.09. The van der Waals surface area contributed by atoms with Crippen LogP contribution in [0.15, 0.2) is 18.2 Å². The van der Waals surface area contributed by atoms with Crippen molar-refractivity contribution in [1.29, 1.82) is 0 Å². The molecule has 1 aromatic rings. The van der Waals surface area contributed by atoms with Gasteiger partial charge in [-0.25, -0.2) is 14.0 Å². The van der Waals surface area contributed by atoms with Gasteiger partial charge in [-0.3, -0.25) is 0 Å². The van der Waals surface area contributed by atoms with E-state index in [9.17, 15) is 9.59 Å². The maximum atomic E-state index is 15.1. The number of likely N-dealkylation sites (N-methyl/N-ethyl adjacent to an activating group) is 1. The molecule has 3 unspecified atom stereocenters. The first-order chi connectivity index (χ1) is 18.4. The molecule has 3 atom stereocenters. The zero-order valence-electron chi connectivity index (χ0n) is 22.8. The summed E-state index contributed by atoms with van der Waals surface area (Å²) in [7, 11) is 3.21. The minimum atomic E-state index is -0.608. The molecule has 0 radical (unpaired) electrons. The second-order valence-corrected chi connectivity index (χ2v) is 10.9. The van der Waals surface area contributed by atoms with Crippen LogP contribution in [-0.4, -0.2) is 70.0 Å². The maximum Gasteiger partial charge on any atom is 0.406 e. The van der Waals surface area contributed by atoms with Crippen LogP contribution < -0.4 is 16.0 Å². The predicted molar refractivity (Wildman–Crippen MR) is 147 cm³/mol. The van der Waals surface area contributed by atoms with E-state index in [1.54, 1.807) is 12.1 Å². The number of hydrogen-bond acceptors (Lipinski definition) is 5. The fourth-order valence-corrected chi connectivity index (χ4v) is 5.96. The van der Waals surface area contributed by atoms with Gasteiger partial charge in [0.25, 0.3) is 0 Å². The SMILES string of the molecule is CNCC(CC1CCCCCC1)NC(=O)N1CCCC(C(OCCNC(=O)OC)c2cccc(Cl)c2F)C1. The van der Waals surface area contributed by atoms with Crippen LogP contribution in [0.2, 0.25) is 5.02 Å². The van der Waals surface area contributed by atoms with Crippen molar-refractivity contribution in [2.45, 2.75) is 69.9 Å². The second kappa shape index (κ2) is 16.1. The van der Waals surface area contributed by atoms with Crippen molar-refractivity contribution in [2.75, 3.05) is 46.9 Å². The number of halogens is 2. The fourth-order valence-electron chi connectivity index (χ4n) is 5.78. The normalized spacial score (nSPS) is 20.3. The number of likely N-dealkylation sites (tertiary alicyclic amines) is 1. The first-order valence-electron chi connectivity index (χ1n) is 14.0. The summed E-state index contributed by atoms with van der Waals surface area (Å²) in [4.78, 5) is 26.6. The molecular formula is C28H44ClFN4O4. The molecule has 3 amide bonds. The largest absolute Gasteiger partial charge is 0.453 e. The van der Waals surface area contributed by atoms with E-state index in [1.165, 1.54) is 51.7 Å². The summed E-state index contributed by atoms with van der Waals surface area (Å²) in [6, 6.07) is 4.87. The Bertz CT molecular complexity index is 884.